The van der Waals surface area contributed by atoms with Gasteiger partial charge in [-0.25, -0.2) is 4.79 Å². The molecule has 0 amide bonds. The van der Waals surface area contributed by atoms with Crippen LogP contribution in [0.2, 0.25) is 0 Å². The Kier molecular flexibility index (Phi) is 1.38. The van der Waals surface area contributed by atoms with E-state index in [0.29, 0.717) is 5.92 Å². The molecule has 2 aliphatic rings. The number of carboxylic acids is 1. The fourth-order valence-electron chi connectivity index (χ4n) is 2.18. The Labute approximate surface area is 65.6 Å². The molecule has 2 rings (SSSR count). The molecule has 2 aliphatic carbocycles. The number of aliphatic carboxylic acids is 1. The van der Waals surface area contributed by atoms with E-state index in [1.54, 1.807) is 0 Å². The molecule has 1 N–H and O–H groups in total. The molecule has 2 fully saturated rings. The van der Waals surface area contributed by atoms with Gasteiger partial charge in [0, 0.05) is 11.8 Å². The molecule has 0 spiro atoms. The van der Waals surface area contributed by atoms with Gasteiger partial charge >= 0.3 is 5.97 Å². The average Bonchev–Trinajstić information content (AvgIpc) is 2.44. The third-order valence-electron chi connectivity index (χ3n) is 2.75. The highest BCUT2D eigenvalue weighted by atomic mass is 16.4. The second-order valence-corrected chi connectivity index (χ2v) is 3.36. The van der Waals surface area contributed by atoms with E-state index in [1.807, 2.05) is 0 Å². The summed E-state index contributed by atoms with van der Waals surface area (Å²) < 4.78 is 0. The highest BCUT2D eigenvalue weighted by Crippen LogP contribution is 2.56. The molecule has 0 saturated heterocycles. The summed E-state index contributed by atoms with van der Waals surface area (Å²) >= 11 is 0. The molecule has 0 radical (unpaired) electrons. The van der Waals surface area contributed by atoms with Crippen LogP contribution in [-0.2, 0) is 4.79 Å². The number of carboxylic acid groups (broad SMARTS) is 1. The van der Waals surface area contributed by atoms with E-state index in [0.717, 1.165) is 11.8 Å². The first-order valence-corrected chi connectivity index (χ1v) is 4.03. The van der Waals surface area contributed by atoms with Crippen LogP contribution < -0.4 is 0 Å². The summed E-state index contributed by atoms with van der Waals surface area (Å²) in [5.41, 5.74) is 0. The van der Waals surface area contributed by atoms with Crippen molar-refractivity contribution in [2.75, 3.05) is 0 Å². The summed E-state index contributed by atoms with van der Waals surface area (Å²) in [5, 5.41) is 8.28. The van der Waals surface area contributed by atoms with Crippen LogP contribution in [0.5, 0.6) is 0 Å². The fraction of sp³-hybridized carbons (Fsp3) is 0.667. The third-order valence-corrected chi connectivity index (χ3v) is 2.75. The van der Waals surface area contributed by atoms with Crippen LogP contribution in [0.15, 0.2) is 0 Å². The van der Waals surface area contributed by atoms with Gasteiger partial charge in [0.15, 0.2) is 0 Å². The number of hydrogen-bond donors (Lipinski definition) is 1. The number of fused-ring (bicyclic) bond motifs is 1. The summed E-state index contributed by atoms with van der Waals surface area (Å²) in [5.74, 6) is 5.95. The van der Waals surface area contributed by atoms with Crippen molar-refractivity contribution in [3.63, 3.8) is 0 Å². The van der Waals surface area contributed by atoms with Crippen molar-refractivity contribution in [1.82, 2.24) is 0 Å². The van der Waals surface area contributed by atoms with Gasteiger partial charge in [-0.05, 0) is 24.7 Å². The Morgan fingerprint density at radius 1 is 1.36 bits per heavy atom. The van der Waals surface area contributed by atoms with Crippen LogP contribution in [0, 0.1) is 29.6 Å². The van der Waals surface area contributed by atoms with Crippen LogP contribution in [0.25, 0.3) is 0 Å². The fourth-order valence-corrected chi connectivity index (χ4v) is 2.18. The quantitative estimate of drug-likeness (QED) is 0.525. The van der Waals surface area contributed by atoms with Crippen LogP contribution in [0.3, 0.4) is 0 Å². The van der Waals surface area contributed by atoms with Gasteiger partial charge in [-0.1, -0.05) is 12.3 Å². The first-order chi connectivity index (χ1) is 5.29. The minimum Gasteiger partial charge on any atom is -0.472 e. The largest absolute Gasteiger partial charge is 0.472 e. The van der Waals surface area contributed by atoms with Gasteiger partial charge in [-0.3, -0.25) is 0 Å². The Morgan fingerprint density at radius 2 is 2.00 bits per heavy atom. The highest BCUT2D eigenvalue weighted by Gasteiger charge is 2.51. The molecule has 2 nitrogen and oxygen atoms in total. The molecule has 0 aromatic carbocycles. The molecule has 0 heterocycles. The van der Waals surface area contributed by atoms with Crippen LogP contribution >= 0.6 is 0 Å². The molecule has 2 heteroatoms. The number of carbonyl (C=O) groups is 1. The normalized spacial score (nSPS) is 38.7. The molecule has 58 valence electrons. The molecule has 11 heavy (non-hydrogen) atoms. The SMILES string of the molecule is O=C(O)C#CC1C2CCCC12. The van der Waals surface area contributed by atoms with Crippen LogP contribution in [-0.4, -0.2) is 11.1 Å². The van der Waals surface area contributed by atoms with Gasteiger partial charge < -0.3 is 5.11 Å². The zero-order valence-electron chi connectivity index (χ0n) is 6.21. The van der Waals surface area contributed by atoms with Crippen molar-refractivity contribution in [1.29, 1.82) is 0 Å². The second kappa shape index (κ2) is 2.27. The van der Waals surface area contributed by atoms with Crippen molar-refractivity contribution in [2.45, 2.75) is 19.3 Å². The standard InChI is InChI=1S/C9H10O2/c10-9(11)5-4-8-6-2-1-3-7(6)8/h6-8H,1-3H2,(H,10,11). The smallest absolute Gasteiger partial charge is 0.381 e. The van der Waals surface area contributed by atoms with Crippen molar-refractivity contribution >= 4 is 5.97 Å². The lowest BCUT2D eigenvalue weighted by molar-refractivity contribution is -0.130. The van der Waals surface area contributed by atoms with Crippen molar-refractivity contribution < 1.29 is 9.90 Å². The monoisotopic (exact) mass is 150 g/mol. The molecule has 2 unspecified atom stereocenters. The van der Waals surface area contributed by atoms with Gasteiger partial charge in [0.05, 0.1) is 0 Å². The van der Waals surface area contributed by atoms with Gasteiger partial charge in [-0.2, -0.15) is 0 Å². The molecule has 0 aromatic rings. The maximum absolute atomic E-state index is 10.1. The number of rotatable bonds is 0. The predicted octanol–water partition coefficient (Wildman–Crippen LogP) is 1.12. The van der Waals surface area contributed by atoms with E-state index in [1.165, 1.54) is 19.3 Å². The van der Waals surface area contributed by atoms with Crippen molar-refractivity contribution in [3.8, 4) is 11.8 Å². The van der Waals surface area contributed by atoms with E-state index >= 15 is 0 Å². The van der Waals surface area contributed by atoms with E-state index in [-0.39, 0.29) is 0 Å². The Balaban J connectivity index is 1.93. The van der Waals surface area contributed by atoms with Gasteiger partial charge in [0.25, 0.3) is 0 Å². The summed E-state index contributed by atoms with van der Waals surface area (Å²) in [6, 6.07) is 0. The molecule has 0 aliphatic heterocycles. The first-order valence-electron chi connectivity index (χ1n) is 4.03. The third kappa shape index (κ3) is 1.11. The second-order valence-electron chi connectivity index (χ2n) is 3.36. The van der Waals surface area contributed by atoms with E-state index in [4.69, 9.17) is 5.11 Å². The lowest BCUT2D eigenvalue weighted by Crippen LogP contribution is -1.89. The first kappa shape index (κ1) is 6.72. The highest BCUT2D eigenvalue weighted by molar-refractivity contribution is 5.86. The zero-order valence-corrected chi connectivity index (χ0v) is 6.21. The van der Waals surface area contributed by atoms with Crippen molar-refractivity contribution in [3.05, 3.63) is 0 Å². The minimum absolute atomic E-state index is 0.430. The predicted molar refractivity (Wildman–Crippen MR) is 39.7 cm³/mol. The zero-order chi connectivity index (χ0) is 7.84. The van der Waals surface area contributed by atoms with Gasteiger partial charge in [-0.15, -0.1) is 0 Å². The molecular weight excluding hydrogens is 140 g/mol. The summed E-state index contributed by atoms with van der Waals surface area (Å²) in [6.45, 7) is 0. The Morgan fingerprint density at radius 3 is 2.55 bits per heavy atom. The molecule has 0 aromatic heterocycles. The van der Waals surface area contributed by atoms with Crippen molar-refractivity contribution in [2.24, 2.45) is 17.8 Å². The van der Waals surface area contributed by atoms with E-state index in [9.17, 15) is 4.79 Å². The maximum atomic E-state index is 10.1. The summed E-state index contributed by atoms with van der Waals surface area (Å²) in [4.78, 5) is 10.1. The van der Waals surface area contributed by atoms with Gasteiger partial charge in [0.2, 0.25) is 0 Å². The van der Waals surface area contributed by atoms with E-state index in [2.05, 4.69) is 11.8 Å². The summed E-state index contributed by atoms with van der Waals surface area (Å²) in [6.07, 6.45) is 3.86. The van der Waals surface area contributed by atoms with Crippen LogP contribution in [0.1, 0.15) is 19.3 Å². The molecule has 0 bridgehead atoms. The topological polar surface area (TPSA) is 37.3 Å². The lowest BCUT2D eigenvalue weighted by atomic mass is 10.1. The molecule has 2 atom stereocenters. The average molecular weight is 150 g/mol. The van der Waals surface area contributed by atoms with E-state index < -0.39 is 5.97 Å². The summed E-state index contributed by atoms with van der Waals surface area (Å²) in [7, 11) is 0. The van der Waals surface area contributed by atoms with Gasteiger partial charge in [0.1, 0.15) is 0 Å². The number of hydrogen-bond acceptors (Lipinski definition) is 1. The lowest BCUT2D eigenvalue weighted by Gasteiger charge is -1.90. The Bertz CT molecular complexity index is 236. The van der Waals surface area contributed by atoms with Crippen LogP contribution in [0.4, 0.5) is 0 Å². The maximum Gasteiger partial charge on any atom is 0.381 e. The Hall–Kier alpha value is -0.970. The molecular formula is C9H10O2. The minimum atomic E-state index is -0.991. The molecule has 2 saturated carbocycles.